The molecule has 0 bridgehead atoms. The van der Waals surface area contributed by atoms with Gasteiger partial charge in [-0.05, 0) is 47.2 Å². The van der Waals surface area contributed by atoms with E-state index in [1.165, 1.54) is 23.1 Å². The first-order valence-electron chi connectivity index (χ1n) is 9.49. The van der Waals surface area contributed by atoms with Gasteiger partial charge in [-0.25, -0.2) is 9.78 Å². The van der Waals surface area contributed by atoms with Crippen molar-refractivity contribution in [1.29, 1.82) is 0 Å². The van der Waals surface area contributed by atoms with Gasteiger partial charge in [0.2, 0.25) is 0 Å². The number of aliphatic carboxylic acids is 1. The first-order chi connectivity index (χ1) is 14.0. The summed E-state index contributed by atoms with van der Waals surface area (Å²) in [6.45, 7) is 8.81. The second-order valence-corrected chi connectivity index (χ2v) is 8.12. The summed E-state index contributed by atoms with van der Waals surface area (Å²) in [6.07, 6.45) is -2.16. The van der Waals surface area contributed by atoms with Crippen molar-refractivity contribution in [2.75, 3.05) is 6.54 Å². The van der Waals surface area contributed by atoms with Gasteiger partial charge in [0.05, 0.1) is 17.4 Å². The molecule has 0 fully saturated rings. The van der Waals surface area contributed by atoms with Crippen molar-refractivity contribution >= 4 is 17.0 Å². The van der Waals surface area contributed by atoms with Crippen LogP contribution in [0.1, 0.15) is 32.8 Å². The summed E-state index contributed by atoms with van der Waals surface area (Å²) in [4.78, 5) is 16.3. The minimum Gasteiger partial charge on any atom is -0.475 e. The van der Waals surface area contributed by atoms with E-state index in [-0.39, 0.29) is 0 Å². The number of hydrogen-bond acceptors (Lipinski definition) is 3. The normalized spacial score (nSPS) is 11.8. The van der Waals surface area contributed by atoms with Crippen LogP contribution in [0.4, 0.5) is 13.2 Å². The maximum atomic E-state index is 10.6. The van der Waals surface area contributed by atoms with E-state index in [9.17, 15) is 13.2 Å². The van der Waals surface area contributed by atoms with Gasteiger partial charge in [-0.3, -0.25) is 0 Å². The van der Waals surface area contributed by atoms with Crippen LogP contribution >= 0.6 is 0 Å². The fourth-order valence-corrected chi connectivity index (χ4v) is 2.62. The molecule has 5 nitrogen and oxygen atoms in total. The van der Waals surface area contributed by atoms with E-state index in [1.807, 2.05) is 0 Å². The fourth-order valence-electron chi connectivity index (χ4n) is 2.62. The molecule has 0 saturated carbocycles. The van der Waals surface area contributed by atoms with E-state index < -0.39 is 12.1 Å². The highest BCUT2D eigenvalue weighted by molar-refractivity contribution is 5.81. The molecule has 0 amide bonds. The molecule has 0 atom stereocenters. The third kappa shape index (κ3) is 7.51. The lowest BCUT2D eigenvalue weighted by Crippen LogP contribution is -2.21. The molecule has 2 aromatic carbocycles. The number of H-pyrrole nitrogens is 1. The van der Waals surface area contributed by atoms with E-state index in [0.717, 1.165) is 24.1 Å². The smallest absolute Gasteiger partial charge is 0.475 e. The Morgan fingerprint density at radius 3 is 2.23 bits per heavy atom. The lowest BCUT2D eigenvalue weighted by atomic mass is 9.92. The number of rotatable bonds is 5. The molecule has 162 valence electrons. The van der Waals surface area contributed by atoms with Crippen LogP contribution in [0.2, 0.25) is 0 Å². The molecule has 0 unspecified atom stereocenters. The lowest BCUT2D eigenvalue weighted by Gasteiger charge is -2.18. The predicted octanol–water partition coefficient (Wildman–Crippen LogP) is 5.39. The minimum atomic E-state index is -5.08. The standard InChI is InChI=1S/C20H25N3.C2HF3O2/c1-20(2,3)10-11-21-13-15-4-6-16(7-5-15)17-8-9-18-19(12-17)23-14-22-18;3-2(4,5)1(6)7/h4-9,12,14,21H,10-11,13H2,1-3H3,(H,22,23);(H,6,7). The van der Waals surface area contributed by atoms with Crippen molar-refractivity contribution < 1.29 is 23.1 Å². The zero-order chi connectivity index (χ0) is 22.4. The second-order valence-electron chi connectivity index (χ2n) is 8.12. The molecule has 1 aromatic heterocycles. The van der Waals surface area contributed by atoms with Gasteiger partial charge in [-0.2, -0.15) is 13.2 Å². The molecule has 0 radical (unpaired) electrons. The molecule has 0 saturated heterocycles. The topological polar surface area (TPSA) is 78.0 Å². The van der Waals surface area contributed by atoms with Crippen molar-refractivity contribution in [2.45, 2.75) is 39.9 Å². The first kappa shape index (κ1) is 23.4. The maximum absolute atomic E-state index is 10.6. The van der Waals surface area contributed by atoms with Crippen molar-refractivity contribution in [1.82, 2.24) is 15.3 Å². The Morgan fingerprint density at radius 1 is 1.07 bits per heavy atom. The van der Waals surface area contributed by atoms with E-state index in [0.29, 0.717) is 5.41 Å². The van der Waals surface area contributed by atoms with Crippen LogP contribution < -0.4 is 5.32 Å². The van der Waals surface area contributed by atoms with Gasteiger partial charge in [-0.1, -0.05) is 51.1 Å². The van der Waals surface area contributed by atoms with Gasteiger partial charge >= 0.3 is 12.1 Å². The highest BCUT2D eigenvalue weighted by Crippen LogP contribution is 2.23. The van der Waals surface area contributed by atoms with Gasteiger partial charge in [0, 0.05) is 6.54 Å². The summed E-state index contributed by atoms with van der Waals surface area (Å²) < 4.78 is 31.7. The van der Waals surface area contributed by atoms with Gasteiger partial charge in [-0.15, -0.1) is 0 Å². The zero-order valence-electron chi connectivity index (χ0n) is 17.2. The molecule has 30 heavy (non-hydrogen) atoms. The third-order valence-electron chi connectivity index (χ3n) is 4.33. The van der Waals surface area contributed by atoms with E-state index in [2.05, 4.69) is 78.5 Å². The molecule has 3 rings (SSSR count). The molecule has 0 spiro atoms. The predicted molar refractivity (Wildman–Crippen MR) is 111 cm³/mol. The SMILES string of the molecule is CC(C)(C)CCNCc1ccc(-c2ccc3[nH]cnc3c2)cc1.O=C(O)C(F)(F)F. The number of alkyl halides is 3. The molecule has 0 aliphatic heterocycles. The first-order valence-corrected chi connectivity index (χ1v) is 9.49. The minimum absolute atomic E-state index is 0.391. The van der Waals surface area contributed by atoms with Crippen molar-refractivity contribution in [2.24, 2.45) is 5.41 Å². The third-order valence-corrected chi connectivity index (χ3v) is 4.33. The van der Waals surface area contributed by atoms with Crippen molar-refractivity contribution in [3.05, 3.63) is 54.4 Å². The Morgan fingerprint density at radius 2 is 1.67 bits per heavy atom. The van der Waals surface area contributed by atoms with Crippen LogP contribution in [0.3, 0.4) is 0 Å². The summed E-state index contributed by atoms with van der Waals surface area (Å²) in [5.41, 5.74) is 6.24. The molecule has 3 aromatic rings. The number of carboxylic acids is 1. The number of fused-ring (bicyclic) bond motifs is 1. The Labute approximate surface area is 173 Å². The molecule has 3 N–H and O–H groups in total. The summed E-state index contributed by atoms with van der Waals surface area (Å²) >= 11 is 0. The number of imidazole rings is 1. The number of nitrogens with one attached hydrogen (secondary N) is 2. The van der Waals surface area contributed by atoms with Crippen LogP contribution in [-0.4, -0.2) is 33.8 Å². The number of aromatic amines is 1. The number of nitrogens with zero attached hydrogens (tertiary/aromatic N) is 1. The molecular weight excluding hydrogens is 395 g/mol. The fraction of sp³-hybridized carbons (Fsp3) is 0.364. The molecule has 0 aliphatic rings. The van der Waals surface area contributed by atoms with Gasteiger partial charge in [0.25, 0.3) is 0 Å². The Balaban J connectivity index is 0.000000396. The summed E-state index contributed by atoms with van der Waals surface area (Å²) in [6, 6.07) is 15.1. The molecule has 0 aliphatic carbocycles. The monoisotopic (exact) mass is 421 g/mol. The van der Waals surface area contributed by atoms with Gasteiger partial charge in [0.1, 0.15) is 0 Å². The van der Waals surface area contributed by atoms with Crippen LogP contribution in [-0.2, 0) is 11.3 Å². The average molecular weight is 421 g/mol. The second kappa shape index (κ2) is 9.75. The Bertz CT molecular complexity index is 958. The van der Waals surface area contributed by atoms with Crippen LogP contribution in [0, 0.1) is 5.41 Å². The highest BCUT2D eigenvalue weighted by Gasteiger charge is 2.38. The van der Waals surface area contributed by atoms with Crippen molar-refractivity contribution in [3.63, 3.8) is 0 Å². The maximum Gasteiger partial charge on any atom is 0.490 e. The Hall–Kier alpha value is -2.87. The van der Waals surface area contributed by atoms with Crippen LogP contribution in [0.5, 0.6) is 0 Å². The average Bonchev–Trinajstić information content (AvgIpc) is 3.12. The highest BCUT2D eigenvalue weighted by atomic mass is 19.4. The number of carboxylic acid groups (broad SMARTS) is 1. The van der Waals surface area contributed by atoms with E-state index in [1.54, 1.807) is 6.33 Å². The number of benzene rings is 2. The van der Waals surface area contributed by atoms with Gasteiger partial charge < -0.3 is 15.4 Å². The largest absolute Gasteiger partial charge is 0.490 e. The summed E-state index contributed by atoms with van der Waals surface area (Å²) in [5, 5.41) is 10.6. The summed E-state index contributed by atoms with van der Waals surface area (Å²) in [7, 11) is 0. The number of aromatic nitrogens is 2. The van der Waals surface area contributed by atoms with E-state index >= 15 is 0 Å². The molecular formula is C22H26F3N3O2. The van der Waals surface area contributed by atoms with Crippen LogP contribution in [0.15, 0.2) is 48.8 Å². The number of hydrogen-bond donors (Lipinski definition) is 3. The van der Waals surface area contributed by atoms with Gasteiger partial charge in [0.15, 0.2) is 0 Å². The number of carbonyl (C=O) groups is 1. The lowest BCUT2D eigenvalue weighted by molar-refractivity contribution is -0.192. The summed E-state index contributed by atoms with van der Waals surface area (Å²) in [5.74, 6) is -2.76. The van der Waals surface area contributed by atoms with Crippen molar-refractivity contribution in [3.8, 4) is 11.1 Å². The molecule has 1 heterocycles. The molecule has 8 heteroatoms. The van der Waals surface area contributed by atoms with E-state index in [4.69, 9.17) is 9.90 Å². The quantitative estimate of drug-likeness (QED) is 0.483. The zero-order valence-corrected chi connectivity index (χ0v) is 17.2. The Kier molecular flexibility index (Phi) is 7.61. The van der Waals surface area contributed by atoms with Crippen LogP contribution in [0.25, 0.3) is 22.2 Å². The number of halogens is 3.